The van der Waals surface area contributed by atoms with Crippen molar-refractivity contribution < 1.29 is 38.8 Å². The molecule has 168 valence electrons. The van der Waals surface area contributed by atoms with Gasteiger partial charge in [-0.05, 0) is 41.8 Å². The molecule has 1 heterocycles. The molecule has 0 bridgehead atoms. The van der Waals surface area contributed by atoms with Crippen molar-refractivity contribution in [2.24, 2.45) is 5.92 Å². The fourth-order valence-corrected chi connectivity index (χ4v) is 3.80. The summed E-state index contributed by atoms with van der Waals surface area (Å²) in [6, 6.07) is 8.39. The van der Waals surface area contributed by atoms with Crippen LogP contribution in [0.2, 0.25) is 0 Å². The van der Waals surface area contributed by atoms with Crippen LogP contribution in [0.3, 0.4) is 0 Å². The highest BCUT2D eigenvalue weighted by molar-refractivity contribution is 6.09. The topological polar surface area (TPSA) is 123 Å². The molecule has 1 amide bonds. The van der Waals surface area contributed by atoms with E-state index in [1.54, 1.807) is 36.4 Å². The third kappa shape index (κ3) is 4.22. The second-order valence-corrected chi connectivity index (χ2v) is 7.06. The molecule has 9 nitrogen and oxygen atoms in total. The Morgan fingerprint density at radius 2 is 1.59 bits per heavy atom. The molecule has 1 aliphatic rings. The van der Waals surface area contributed by atoms with E-state index in [9.17, 15) is 24.6 Å². The molecule has 0 spiro atoms. The number of carbonyl (C=O) groups excluding carboxylic acids is 1. The number of anilines is 1. The number of carbonyl (C=O) groups is 3. The Labute approximate surface area is 184 Å². The van der Waals surface area contributed by atoms with Crippen LogP contribution in [-0.2, 0) is 20.8 Å². The summed E-state index contributed by atoms with van der Waals surface area (Å²) in [5.74, 6) is -3.45. The minimum atomic E-state index is -1.54. The zero-order valence-electron chi connectivity index (χ0n) is 17.8. The Balaban J connectivity index is 2.02. The summed E-state index contributed by atoms with van der Waals surface area (Å²) in [7, 11) is 4.40. The van der Waals surface area contributed by atoms with Gasteiger partial charge in [-0.2, -0.15) is 0 Å². The lowest BCUT2D eigenvalue weighted by Crippen LogP contribution is -2.54. The molecule has 2 N–H and O–H groups in total. The second-order valence-electron chi connectivity index (χ2n) is 7.06. The number of ether oxygens (including phenoxy) is 3. The second kappa shape index (κ2) is 9.42. The summed E-state index contributed by atoms with van der Waals surface area (Å²) < 4.78 is 15.9. The van der Waals surface area contributed by atoms with Gasteiger partial charge >= 0.3 is 11.9 Å². The Hall–Kier alpha value is -4.01. The first-order valence-corrected chi connectivity index (χ1v) is 9.67. The first-order chi connectivity index (χ1) is 15.3. The molecule has 0 fully saturated rings. The van der Waals surface area contributed by atoms with Crippen molar-refractivity contribution in [1.82, 2.24) is 0 Å². The molecule has 0 radical (unpaired) electrons. The molecule has 2 aromatic rings. The number of carboxylic acids is 2. The molecule has 0 aliphatic carbocycles. The van der Waals surface area contributed by atoms with Crippen molar-refractivity contribution in [3.63, 3.8) is 0 Å². The number of carboxylic acid groups (broad SMARTS) is 2. The van der Waals surface area contributed by atoms with Crippen molar-refractivity contribution in [2.75, 3.05) is 26.2 Å². The van der Waals surface area contributed by atoms with Gasteiger partial charge in [-0.3, -0.25) is 14.5 Å². The Kier molecular flexibility index (Phi) is 6.67. The van der Waals surface area contributed by atoms with E-state index in [-0.39, 0.29) is 6.42 Å². The number of fused-ring (bicyclic) bond motifs is 1. The smallest absolute Gasteiger partial charge is 0.327 e. The van der Waals surface area contributed by atoms with Crippen LogP contribution in [0.1, 0.15) is 11.1 Å². The average molecular weight is 441 g/mol. The van der Waals surface area contributed by atoms with Crippen molar-refractivity contribution in [3.8, 4) is 17.2 Å². The number of amides is 1. The van der Waals surface area contributed by atoms with Crippen molar-refractivity contribution in [2.45, 2.75) is 12.5 Å². The van der Waals surface area contributed by atoms with Gasteiger partial charge in [0.25, 0.3) is 5.91 Å². The largest absolute Gasteiger partial charge is 0.493 e. The monoisotopic (exact) mass is 441 g/mol. The van der Waals surface area contributed by atoms with Gasteiger partial charge in [0.1, 0.15) is 6.04 Å². The van der Waals surface area contributed by atoms with E-state index in [2.05, 4.69) is 0 Å². The number of nitrogens with zero attached hydrogens (tertiary/aromatic N) is 1. The highest BCUT2D eigenvalue weighted by atomic mass is 16.5. The van der Waals surface area contributed by atoms with E-state index >= 15 is 0 Å². The molecule has 9 heteroatoms. The van der Waals surface area contributed by atoms with Gasteiger partial charge in [0.05, 0.1) is 27.2 Å². The van der Waals surface area contributed by atoms with Crippen molar-refractivity contribution >= 4 is 29.6 Å². The van der Waals surface area contributed by atoms with Crippen LogP contribution in [0.5, 0.6) is 17.2 Å². The minimum Gasteiger partial charge on any atom is -0.493 e. The van der Waals surface area contributed by atoms with E-state index in [1.165, 1.54) is 33.5 Å². The number of rotatable bonds is 7. The Morgan fingerprint density at radius 1 is 0.969 bits per heavy atom. The molecular formula is C23H23NO8. The van der Waals surface area contributed by atoms with Crippen molar-refractivity contribution in [3.05, 3.63) is 53.6 Å². The third-order valence-corrected chi connectivity index (χ3v) is 5.26. The van der Waals surface area contributed by atoms with Gasteiger partial charge in [0, 0.05) is 11.8 Å². The fourth-order valence-electron chi connectivity index (χ4n) is 3.80. The number of hydrogen-bond acceptors (Lipinski definition) is 6. The molecule has 0 saturated heterocycles. The highest BCUT2D eigenvalue weighted by Gasteiger charge is 2.45. The Morgan fingerprint density at radius 3 is 2.12 bits per heavy atom. The Bertz CT molecular complexity index is 1050. The molecular weight excluding hydrogens is 418 g/mol. The predicted molar refractivity (Wildman–Crippen MR) is 115 cm³/mol. The quantitative estimate of drug-likeness (QED) is 0.629. The zero-order chi connectivity index (χ0) is 23.4. The predicted octanol–water partition coefficient (Wildman–Crippen LogP) is 2.47. The fraction of sp³-hybridized carbons (Fsp3) is 0.261. The summed E-state index contributed by atoms with van der Waals surface area (Å²) in [5.41, 5.74) is 1.50. The maximum atomic E-state index is 13.1. The normalized spacial score (nSPS) is 17.5. The number of aliphatic carboxylic acids is 2. The molecule has 32 heavy (non-hydrogen) atoms. The van der Waals surface area contributed by atoms with Crippen LogP contribution in [0.15, 0.2) is 42.5 Å². The SMILES string of the molecule is COc1cc(/C=C/C(=O)N2c3ccccc3CC(C(=O)O)C2C(=O)O)cc(OC)c1OC. The standard InChI is InChI=1S/C23H23NO8/c1-30-17-10-13(11-18(31-2)21(17)32-3)8-9-19(25)24-16-7-5-4-6-14(16)12-15(22(26)27)20(24)23(28)29/h4-11,15,20H,12H2,1-3H3,(H,26,27)(H,28,29)/b9-8+. The first-order valence-electron chi connectivity index (χ1n) is 9.67. The number of para-hydroxylation sites is 1. The van der Waals surface area contributed by atoms with Gasteiger partial charge in [0.15, 0.2) is 11.5 Å². The molecule has 1 aliphatic heterocycles. The van der Waals surface area contributed by atoms with Gasteiger partial charge in [-0.25, -0.2) is 4.79 Å². The van der Waals surface area contributed by atoms with Crippen LogP contribution in [0, 0.1) is 5.92 Å². The van der Waals surface area contributed by atoms with E-state index in [0.29, 0.717) is 34.1 Å². The summed E-state index contributed by atoms with van der Waals surface area (Å²) in [4.78, 5) is 37.9. The molecule has 2 aromatic carbocycles. The molecule has 0 saturated carbocycles. The van der Waals surface area contributed by atoms with Gasteiger partial charge in [-0.15, -0.1) is 0 Å². The maximum Gasteiger partial charge on any atom is 0.327 e. The molecule has 2 unspecified atom stereocenters. The summed E-state index contributed by atoms with van der Waals surface area (Å²) in [5, 5.41) is 19.4. The maximum absolute atomic E-state index is 13.1. The van der Waals surface area contributed by atoms with Gasteiger partial charge < -0.3 is 24.4 Å². The van der Waals surface area contributed by atoms with Crippen molar-refractivity contribution in [1.29, 1.82) is 0 Å². The average Bonchev–Trinajstić information content (AvgIpc) is 2.80. The van der Waals surface area contributed by atoms with Gasteiger partial charge in [-0.1, -0.05) is 18.2 Å². The van der Waals surface area contributed by atoms with Crippen LogP contribution in [-0.4, -0.2) is 55.4 Å². The number of benzene rings is 2. The van der Waals surface area contributed by atoms with Crippen LogP contribution in [0.4, 0.5) is 5.69 Å². The zero-order valence-corrected chi connectivity index (χ0v) is 17.8. The van der Waals surface area contributed by atoms with E-state index < -0.39 is 29.8 Å². The lowest BCUT2D eigenvalue weighted by Gasteiger charge is -2.37. The van der Waals surface area contributed by atoms with Crippen LogP contribution < -0.4 is 19.1 Å². The number of hydrogen-bond donors (Lipinski definition) is 2. The lowest BCUT2D eigenvalue weighted by atomic mass is 9.85. The molecule has 2 atom stereocenters. The van der Waals surface area contributed by atoms with Crippen LogP contribution >= 0.6 is 0 Å². The highest BCUT2D eigenvalue weighted by Crippen LogP contribution is 2.39. The molecule has 3 rings (SSSR count). The lowest BCUT2D eigenvalue weighted by molar-refractivity contribution is -0.150. The summed E-state index contributed by atoms with van der Waals surface area (Å²) in [6.07, 6.45) is 2.68. The molecule has 0 aromatic heterocycles. The minimum absolute atomic E-state index is 0.0167. The number of methoxy groups -OCH3 is 3. The van der Waals surface area contributed by atoms with E-state index in [4.69, 9.17) is 14.2 Å². The summed E-state index contributed by atoms with van der Waals surface area (Å²) in [6.45, 7) is 0. The third-order valence-electron chi connectivity index (χ3n) is 5.26. The van der Waals surface area contributed by atoms with E-state index in [0.717, 1.165) is 4.90 Å². The van der Waals surface area contributed by atoms with E-state index in [1.807, 2.05) is 0 Å². The van der Waals surface area contributed by atoms with Gasteiger partial charge in [0.2, 0.25) is 5.75 Å². The summed E-state index contributed by atoms with van der Waals surface area (Å²) >= 11 is 0. The first kappa shape index (κ1) is 22.7. The van der Waals surface area contributed by atoms with Crippen LogP contribution in [0.25, 0.3) is 6.08 Å².